The first-order valence-corrected chi connectivity index (χ1v) is 9.51. The standard InChI is InChI=1S/C16H18OSi/c1-18(12-5-13-18)16-10-8-15(9-11-16)17-14-6-3-2-4-7-14/h2-4,6-11H,5,12-13H2,1H3. The topological polar surface area (TPSA) is 9.23 Å². The van der Waals surface area contributed by atoms with Crippen molar-refractivity contribution in [1.82, 2.24) is 0 Å². The molecule has 1 nitrogen and oxygen atoms in total. The second-order valence-corrected chi connectivity index (χ2v) is 10.1. The van der Waals surface area contributed by atoms with Gasteiger partial charge in [-0.15, -0.1) is 0 Å². The van der Waals surface area contributed by atoms with Crippen molar-refractivity contribution >= 4 is 13.3 Å². The molecule has 0 bridgehead atoms. The van der Waals surface area contributed by atoms with Gasteiger partial charge in [0.25, 0.3) is 0 Å². The van der Waals surface area contributed by atoms with Crippen LogP contribution in [0.15, 0.2) is 54.6 Å². The normalized spacial score (nSPS) is 16.9. The summed E-state index contributed by atoms with van der Waals surface area (Å²) in [5.41, 5.74) is 0. The monoisotopic (exact) mass is 254 g/mol. The highest BCUT2D eigenvalue weighted by molar-refractivity contribution is 6.92. The number of para-hydroxylation sites is 1. The molecule has 0 aliphatic carbocycles. The first-order valence-electron chi connectivity index (χ1n) is 6.60. The van der Waals surface area contributed by atoms with Gasteiger partial charge >= 0.3 is 0 Å². The Kier molecular flexibility index (Phi) is 2.96. The maximum atomic E-state index is 5.81. The van der Waals surface area contributed by atoms with Crippen molar-refractivity contribution in [2.45, 2.75) is 25.1 Å². The Bertz CT molecular complexity index is 515. The van der Waals surface area contributed by atoms with Crippen LogP contribution in [0.5, 0.6) is 11.5 Å². The molecule has 0 spiro atoms. The molecule has 0 aromatic heterocycles. The molecule has 0 amide bonds. The summed E-state index contributed by atoms with van der Waals surface area (Å²) in [6, 6.07) is 21.6. The number of hydrogen-bond donors (Lipinski definition) is 0. The van der Waals surface area contributed by atoms with Gasteiger partial charge < -0.3 is 4.74 Å². The van der Waals surface area contributed by atoms with Crippen molar-refractivity contribution in [3.63, 3.8) is 0 Å². The molecule has 1 fully saturated rings. The van der Waals surface area contributed by atoms with E-state index in [-0.39, 0.29) is 0 Å². The molecule has 1 aliphatic heterocycles. The van der Waals surface area contributed by atoms with Crippen molar-refractivity contribution in [3.8, 4) is 11.5 Å². The van der Waals surface area contributed by atoms with Crippen LogP contribution in [0.3, 0.4) is 0 Å². The van der Waals surface area contributed by atoms with Crippen LogP contribution in [-0.2, 0) is 0 Å². The molecule has 2 heteroatoms. The van der Waals surface area contributed by atoms with Crippen LogP contribution in [0, 0.1) is 0 Å². The lowest BCUT2D eigenvalue weighted by atomic mass is 10.3. The van der Waals surface area contributed by atoms with Gasteiger partial charge in [0.2, 0.25) is 0 Å². The van der Waals surface area contributed by atoms with Crippen molar-refractivity contribution in [1.29, 1.82) is 0 Å². The van der Waals surface area contributed by atoms with E-state index >= 15 is 0 Å². The molecule has 2 aromatic carbocycles. The summed E-state index contributed by atoms with van der Waals surface area (Å²) in [6.07, 6.45) is 1.42. The van der Waals surface area contributed by atoms with Gasteiger partial charge in [0.05, 0.1) is 8.07 Å². The van der Waals surface area contributed by atoms with E-state index in [0.717, 1.165) is 11.5 Å². The Labute approximate surface area is 109 Å². The summed E-state index contributed by atoms with van der Waals surface area (Å²) in [5.74, 6) is 1.83. The Morgan fingerprint density at radius 1 is 0.833 bits per heavy atom. The summed E-state index contributed by atoms with van der Waals surface area (Å²) < 4.78 is 5.81. The summed E-state index contributed by atoms with van der Waals surface area (Å²) in [6.45, 7) is 2.49. The van der Waals surface area contributed by atoms with Gasteiger partial charge in [-0.05, 0) is 24.3 Å². The second-order valence-electron chi connectivity index (χ2n) is 5.35. The van der Waals surface area contributed by atoms with E-state index in [1.54, 1.807) is 5.19 Å². The average Bonchev–Trinajstić information content (AvgIpc) is 2.38. The highest BCUT2D eigenvalue weighted by atomic mass is 28.3. The maximum absolute atomic E-state index is 5.81. The smallest absolute Gasteiger partial charge is 0.127 e. The van der Waals surface area contributed by atoms with Crippen molar-refractivity contribution in [2.24, 2.45) is 0 Å². The number of hydrogen-bond acceptors (Lipinski definition) is 1. The third-order valence-electron chi connectivity index (χ3n) is 3.99. The van der Waals surface area contributed by atoms with E-state index in [2.05, 4.69) is 30.8 Å². The Balaban J connectivity index is 1.75. The highest BCUT2D eigenvalue weighted by Gasteiger charge is 2.35. The first kappa shape index (κ1) is 11.5. The molecule has 3 rings (SSSR count). The third kappa shape index (κ3) is 2.21. The number of ether oxygens (including phenoxy) is 1. The fourth-order valence-corrected chi connectivity index (χ4v) is 5.51. The lowest BCUT2D eigenvalue weighted by Crippen LogP contribution is -2.50. The third-order valence-corrected chi connectivity index (χ3v) is 8.63. The van der Waals surface area contributed by atoms with E-state index in [1.807, 2.05) is 30.3 Å². The average molecular weight is 254 g/mol. The molecule has 0 radical (unpaired) electrons. The van der Waals surface area contributed by atoms with Gasteiger partial charge in [-0.2, -0.15) is 0 Å². The zero-order valence-corrected chi connectivity index (χ0v) is 11.7. The van der Waals surface area contributed by atoms with E-state index < -0.39 is 8.07 Å². The van der Waals surface area contributed by atoms with Crippen LogP contribution in [0.4, 0.5) is 0 Å². The molecule has 1 heterocycles. The van der Waals surface area contributed by atoms with Gasteiger partial charge in [0, 0.05) is 0 Å². The predicted octanol–water partition coefficient (Wildman–Crippen LogP) is 4.17. The van der Waals surface area contributed by atoms with Gasteiger partial charge in [0.1, 0.15) is 11.5 Å². The maximum Gasteiger partial charge on any atom is 0.127 e. The fourth-order valence-electron chi connectivity index (χ4n) is 2.55. The first-order chi connectivity index (χ1) is 8.76. The molecule has 0 saturated carbocycles. The van der Waals surface area contributed by atoms with Crippen molar-refractivity contribution in [2.75, 3.05) is 0 Å². The molecule has 0 unspecified atom stereocenters. The Hall–Kier alpha value is -1.54. The van der Waals surface area contributed by atoms with Gasteiger partial charge in [-0.1, -0.05) is 60.6 Å². The van der Waals surface area contributed by atoms with Gasteiger partial charge in [-0.3, -0.25) is 0 Å². The minimum Gasteiger partial charge on any atom is -0.457 e. The zero-order valence-electron chi connectivity index (χ0n) is 10.7. The lowest BCUT2D eigenvalue weighted by Gasteiger charge is -2.36. The molecule has 2 aromatic rings. The molecular weight excluding hydrogens is 236 g/mol. The number of benzene rings is 2. The summed E-state index contributed by atoms with van der Waals surface area (Å²) in [4.78, 5) is 0. The van der Waals surface area contributed by atoms with Crippen molar-refractivity contribution in [3.05, 3.63) is 54.6 Å². The molecule has 18 heavy (non-hydrogen) atoms. The fraction of sp³-hybridized carbons (Fsp3) is 0.250. The predicted molar refractivity (Wildman–Crippen MR) is 78.4 cm³/mol. The quantitative estimate of drug-likeness (QED) is 0.747. The summed E-state index contributed by atoms with van der Waals surface area (Å²) in [7, 11) is -1.04. The van der Waals surface area contributed by atoms with Gasteiger partial charge in [-0.25, -0.2) is 0 Å². The Morgan fingerprint density at radius 2 is 1.44 bits per heavy atom. The molecule has 0 N–H and O–H groups in total. The molecule has 1 saturated heterocycles. The van der Waals surface area contributed by atoms with E-state index in [0.29, 0.717) is 0 Å². The molecular formula is C16H18OSi. The number of rotatable bonds is 3. The minimum atomic E-state index is -1.04. The molecule has 92 valence electrons. The van der Waals surface area contributed by atoms with Crippen LogP contribution in [0.2, 0.25) is 18.6 Å². The van der Waals surface area contributed by atoms with E-state index in [1.165, 1.54) is 18.5 Å². The Morgan fingerprint density at radius 3 is 2.00 bits per heavy atom. The second kappa shape index (κ2) is 4.62. The highest BCUT2D eigenvalue weighted by Crippen LogP contribution is 2.32. The zero-order chi connectivity index (χ0) is 12.4. The van der Waals surface area contributed by atoms with Crippen LogP contribution < -0.4 is 9.92 Å². The SMILES string of the molecule is C[Si]1(c2ccc(Oc3ccccc3)cc2)CCC1. The molecule has 0 atom stereocenters. The molecule has 1 aliphatic rings. The summed E-state index contributed by atoms with van der Waals surface area (Å²) in [5, 5.41) is 1.58. The largest absolute Gasteiger partial charge is 0.457 e. The van der Waals surface area contributed by atoms with Crippen LogP contribution >= 0.6 is 0 Å². The van der Waals surface area contributed by atoms with Crippen LogP contribution in [0.25, 0.3) is 0 Å². The van der Waals surface area contributed by atoms with Crippen LogP contribution in [-0.4, -0.2) is 8.07 Å². The van der Waals surface area contributed by atoms with E-state index in [9.17, 15) is 0 Å². The summed E-state index contributed by atoms with van der Waals surface area (Å²) >= 11 is 0. The minimum absolute atomic E-state index is 0.900. The van der Waals surface area contributed by atoms with Crippen LogP contribution in [0.1, 0.15) is 6.42 Å². The van der Waals surface area contributed by atoms with E-state index in [4.69, 9.17) is 4.74 Å². The van der Waals surface area contributed by atoms with Gasteiger partial charge in [0.15, 0.2) is 0 Å². The van der Waals surface area contributed by atoms with Crippen molar-refractivity contribution < 1.29 is 4.74 Å². The lowest BCUT2D eigenvalue weighted by molar-refractivity contribution is 0.483.